The van der Waals surface area contributed by atoms with Crippen LogP contribution in [0.2, 0.25) is 0 Å². The van der Waals surface area contributed by atoms with E-state index in [0.29, 0.717) is 35.5 Å². The molecule has 0 spiro atoms. The van der Waals surface area contributed by atoms with E-state index >= 15 is 0 Å². The van der Waals surface area contributed by atoms with Crippen molar-refractivity contribution in [1.29, 1.82) is 0 Å². The molecular formula is C22H24N2O5. The van der Waals surface area contributed by atoms with Crippen LogP contribution in [0.4, 0.5) is 5.69 Å². The highest BCUT2D eigenvalue weighted by molar-refractivity contribution is 6.07. The highest BCUT2D eigenvalue weighted by Gasteiger charge is 2.29. The number of nitrogens with one attached hydrogen (secondary N) is 1. The van der Waals surface area contributed by atoms with Gasteiger partial charge in [-0.25, -0.2) is 4.79 Å². The Morgan fingerprint density at radius 3 is 2.45 bits per heavy atom. The van der Waals surface area contributed by atoms with Crippen LogP contribution in [0.25, 0.3) is 0 Å². The van der Waals surface area contributed by atoms with E-state index in [1.165, 1.54) is 13.8 Å². The number of Topliss-reactive ketones (excluding diaryl/α,β-unsaturated/α-hetero) is 2. The molecule has 1 N–H and O–H groups in total. The third kappa shape index (κ3) is 3.85. The number of hydrogen-bond acceptors (Lipinski definition) is 5. The maximum Gasteiger partial charge on any atom is 0.340 e. The minimum absolute atomic E-state index is 0.0383. The van der Waals surface area contributed by atoms with Crippen LogP contribution in [0.3, 0.4) is 0 Å². The lowest BCUT2D eigenvalue weighted by Gasteiger charge is -2.20. The number of benzene rings is 1. The molecule has 1 aliphatic heterocycles. The minimum Gasteiger partial charge on any atom is -0.451 e. The summed E-state index contributed by atoms with van der Waals surface area (Å²) in [7, 11) is 0. The fourth-order valence-corrected chi connectivity index (χ4v) is 3.79. The number of aromatic amines is 1. The van der Waals surface area contributed by atoms with Gasteiger partial charge in [0.15, 0.2) is 11.9 Å². The SMILES string of the molecule is CC(=O)c1c(C)[nH]c(C(=O)[C@H](C)OC(=O)c2ccccc2N2CCCC2=O)c1C. The van der Waals surface area contributed by atoms with Gasteiger partial charge >= 0.3 is 5.97 Å². The summed E-state index contributed by atoms with van der Waals surface area (Å²) in [5, 5.41) is 0. The van der Waals surface area contributed by atoms with Crippen LogP contribution in [-0.4, -0.2) is 41.1 Å². The second kappa shape index (κ2) is 8.03. The Hall–Kier alpha value is -3.22. The fourth-order valence-electron chi connectivity index (χ4n) is 3.79. The Kier molecular flexibility index (Phi) is 5.68. The number of hydrogen-bond donors (Lipinski definition) is 1. The molecule has 0 aliphatic carbocycles. The highest BCUT2D eigenvalue weighted by Crippen LogP contribution is 2.27. The molecule has 0 bridgehead atoms. The van der Waals surface area contributed by atoms with Crippen molar-refractivity contribution < 1.29 is 23.9 Å². The highest BCUT2D eigenvalue weighted by atomic mass is 16.5. The van der Waals surface area contributed by atoms with Gasteiger partial charge in [-0.2, -0.15) is 0 Å². The van der Waals surface area contributed by atoms with Gasteiger partial charge in [-0.15, -0.1) is 0 Å². The maximum atomic E-state index is 12.8. The number of esters is 1. The second-order valence-electron chi connectivity index (χ2n) is 7.26. The third-order valence-electron chi connectivity index (χ3n) is 5.18. The van der Waals surface area contributed by atoms with E-state index in [0.717, 1.165) is 6.42 Å². The molecule has 7 nitrogen and oxygen atoms in total. The third-order valence-corrected chi connectivity index (χ3v) is 5.18. The van der Waals surface area contributed by atoms with E-state index < -0.39 is 17.9 Å². The van der Waals surface area contributed by atoms with Gasteiger partial charge in [0, 0.05) is 24.2 Å². The number of amides is 1. The molecule has 1 saturated heterocycles. The summed E-state index contributed by atoms with van der Waals surface area (Å²) in [6.07, 6.45) is 0.130. The zero-order valence-electron chi connectivity index (χ0n) is 17.0. The Morgan fingerprint density at radius 2 is 1.86 bits per heavy atom. The second-order valence-corrected chi connectivity index (χ2v) is 7.26. The summed E-state index contributed by atoms with van der Waals surface area (Å²) in [4.78, 5) is 54.0. The molecule has 1 aromatic heterocycles. The Labute approximate surface area is 169 Å². The lowest BCUT2D eigenvalue weighted by molar-refractivity contribution is -0.117. The van der Waals surface area contributed by atoms with Gasteiger partial charge in [0.25, 0.3) is 0 Å². The van der Waals surface area contributed by atoms with Crippen molar-refractivity contribution in [2.75, 3.05) is 11.4 Å². The van der Waals surface area contributed by atoms with Crippen LogP contribution in [0.15, 0.2) is 24.3 Å². The number of carbonyl (C=O) groups excluding carboxylic acids is 4. The molecule has 1 fully saturated rings. The van der Waals surface area contributed by atoms with Crippen LogP contribution in [-0.2, 0) is 9.53 Å². The molecule has 1 aromatic carbocycles. The van der Waals surface area contributed by atoms with Crippen molar-refractivity contribution in [2.24, 2.45) is 0 Å². The van der Waals surface area contributed by atoms with Gasteiger partial charge in [-0.1, -0.05) is 12.1 Å². The molecule has 0 unspecified atom stereocenters. The number of carbonyl (C=O) groups is 4. The number of nitrogens with zero attached hydrogens (tertiary/aromatic N) is 1. The molecule has 0 saturated carbocycles. The number of H-pyrrole nitrogens is 1. The van der Waals surface area contributed by atoms with Crippen LogP contribution >= 0.6 is 0 Å². The van der Waals surface area contributed by atoms with E-state index in [4.69, 9.17) is 4.74 Å². The van der Waals surface area contributed by atoms with Crippen molar-refractivity contribution in [2.45, 2.75) is 46.6 Å². The summed E-state index contributed by atoms with van der Waals surface area (Å²) in [6, 6.07) is 6.72. The predicted molar refractivity (Wildman–Crippen MR) is 108 cm³/mol. The number of ether oxygens (including phenoxy) is 1. The first-order valence-corrected chi connectivity index (χ1v) is 9.57. The molecule has 2 heterocycles. The summed E-state index contributed by atoms with van der Waals surface area (Å²) in [5.41, 5.74) is 2.62. The Morgan fingerprint density at radius 1 is 1.17 bits per heavy atom. The number of ketones is 2. The van der Waals surface area contributed by atoms with Crippen molar-refractivity contribution in [3.8, 4) is 0 Å². The summed E-state index contributed by atoms with van der Waals surface area (Å²) in [5.74, 6) is -1.26. The summed E-state index contributed by atoms with van der Waals surface area (Å²) in [6.45, 7) is 6.90. The number of aryl methyl sites for hydroxylation is 1. The molecular weight excluding hydrogens is 372 g/mol. The smallest absolute Gasteiger partial charge is 0.340 e. The van der Waals surface area contributed by atoms with Crippen molar-refractivity contribution in [3.63, 3.8) is 0 Å². The minimum atomic E-state index is -1.05. The average molecular weight is 396 g/mol. The van der Waals surface area contributed by atoms with Gasteiger partial charge in [-0.3, -0.25) is 14.4 Å². The first-order valence-electron chi connectivity index (χ1n) is 9.57. The molecule has 2 aromatic rings. The van der Waals surface area contributed by atoms with E-state index in [2.05, 4.69) is 4.98 Å². The van der Waals surface area contributed by atoms with Crippen LogP contribution in [0.1, 0.15) is 69.2 Å². The van der Waals surface area contributed by atoms with Gasteiger partial charge in [-0.05, 0) is 51.8 Å². The molecule has 1 atom stereocenters. The molecule has 7 heteroatoms. The number of rotatable bonds is 6. The van der Waals surface area contributed by atoms with Crippen LogP contribution in [0.5, 0.6) is 0 Å². The van der Waals surface area contributed by atoms with E-state index in [1.54, 1.807) is 43.0 Å². The molecule has 152 valence electrons. The van der Waals surface area contributed by atoms with E-state index in [1.807, 2.05) is 0 Å². The number of aromatic nitrogens is 1. The molecule has 1 amide bonds. The lowest BCUT2D eigenvalue weighted by Crippen LogP contribution is -2.29. The van der Waals surface area contributed by atoms with Crippen molar-refractivity contribution >= 4 is 29.1 Å². The van der Waals surface area contributed by atoms with Gasteiger partial charge in [0.05, 0.1) is 16.9 Å². The Bertz CT molecular complexity index is 1000. The number of anilines is 1. The topological polar surface area (TPSA) is 96.5 Å². The molecule has 1 aliphatic rings. The quantitative estimate of drug-likeness (QED) is 0.596. The lowest BCUT2D eigenvalue weighted by atomic mass is 10.0. The maximum absolute atomic E-state index is 12.8. The molecule has 0 radical (unpaired) electrons. The molecule has 29 heavy (non-hydrogen) atoms. The summed E-state index contributed by atoms with van der Waals surface area (Å²) >= 11 is 0. The largest absolute Gasteiger partial charge is 0.451 e. The predicted octanol–water partition coefficient (Wildman–Crippen LogP) is 3.39. The van der Waals surface area contributed by atoms with Crippen molar-refractivity contribution in [1.82, 2.24) is 4.98 Å². The van der Waals surface area contributed by atoms with Crippen LogP contribution < -0.4 is 4.90 Å². The summed E-state index contributed by atoms with van der Waals surface area (Å²) < 4.78 is 5.42. The molecule has 3 rings (SSSR count). The standard InChI is InChI=1S/C22H24N2O5/c1-12-19(14(3)25)13(2)23-20(12)21(27)15(4)29-22(28)16-8-5-6-9-17(16)24-11-7-10-18(24)26/h5-6,8-9,15,23H,7,10-11H2,1-4H3/t15-/m0/s1. The zero-order chi connectivity index (χ0) is 21.3. The fraction of sp³-hybridized carbons (Fsp3) is 0.364. The monoisotopic (exact) mass is 396 g/mol. The van der Waals surface area contributed by atoms with E-state index in [9.17, 15) is 19.2 Å². The normalized spacial score (nSPS) is 14.8. The first-order chi connectivity index (χ1) is 13.7. The van der Waals surface area contributed by atoms with Crippen molar-refractivity contribution in [3.05, 3.63) is 52.3 Å². The van der Waals surface area contributed by atoms with Gasteiger partial charge < -0.3 is 14.6 Å². The number of para-hydroxylation sites is 1. The first kappa shape index (κ1) is 20.5. The zero-order valence-corrected chi connectivity index (χ0v) is 17.0. The average Bonchev–Trinajstić information content (AvgIpc) is 3.23. The van der Waals surface area contributed by atoms with E-state index in [-0.39, 0.29) is 22.9 Å². The van der Waals surface area contributed by atoms with Crippen LogP contribution in [0, 0.1) is 13.8 Å². The van der Waals surface area contributed by atoms with Gasteiger partial charge in [0.1, 0.15) is 0 Å². The Balaban J connectivity index is 1.82. The van der Waals surface area contributed by atoms with Gasteiger partial charge in [0.2, 0.25) is 11.7 Å².